The monoisotopic (exact) mass is 483 g/mol. The van der Waals surface area contributed by atoms with Gasteiger partial charge < -0.3 is 14.2 Å². The van der Waals surface area contributed by atoms with Crippen molar-refractivity contribution in [1.29, 1.82) is 0 Å². The lowest BCUT2D eigenvalue weighted by atomic mass is 10.1. The summed E-state index contributed by atoms with van der Waals surface area (Å²) in [6.45, 7) is 2.63. The number of rotatable bonds is 8. The Hall–Kier alpha value is -3.16. The summed E-state index contributed by atoms with van der Waals surface area (Å²) in [6.07, 6.45) is 1.63. The molecule has 0 aliphatic carbocycles. The molecule has 0 atom stereocenters. The molecule has 1 heterocycles. The van der Waals surface area contributed by atoms with Gasteiger partial charge in [0.05, 0.1) is 30.2 Å². The van der Waals surface area contributed by atoms with Crippen LogP contribution in [-0.2, 0) is 4.79 Å². The molecular weight excluding hydrogens is 462 g/mol. The Morgan fingerprint density at radius 1 is 1.03 bits per heavy atom. The van der Waals surface area contributed by atoms with Crippen LogP contribution < -0.4 is 14.2 Å². The quantitative estimate of drug-likeness (QED) is 0.365. The molecule has 1 aliphatic rings. The highest BCUT2D eigenvalue weighted by Crippen LogP contribution is 2.39. The summed E-state index contributed by atoms with van der Waals surface area (Å²) in [5.74, 6) is 1.25. The number of nitrogens with zero attached hydrogens (tertiary/aromatic N) is 1. The summed E-state index contributed by atoms with van der Waals surface area (Å²) >= 11 is 7.19. The van der Waals surface area contributed by atoms with E-state index in [-0.39, 0.29) is 24.3 Å². The molecule has 1 fully saturated rings. The van der Waals surface area contributed by atoms with Crippen LogP contribution in [0.25, 0.3) is 16.8 Å². The van der Waals surface area contributed by atoms with Crippen LogP contribution in [0.1, 0.15) is 12.5 Å². The Labute approximate surface area is 201 Å². The Balaban J connectivity index is 1.47. The second kappa shape index (κ2) is 10.2. The standard InChI is InChI=1S/C25H22ClNO5S/c1-3-31-21-14-16(13-19(26)23(21)30-2)15-22-24(28)27(25(29)33-22)11-12-32-20-10-6-8-17-7-4-5-9-18(17)20/h4-10,13-15H,3,11-12H2,1-2H3/b22-15-. The fourth-order valence-corrected chi connectivity index (χ4v) is 4.71. The van der Waals surface area contributed by atoms with Crippen molar-refractivity contribution in [3.8, 4) is 17.2 Å². The molecule has 0 N–H and O–H groups in total. The van der Waals surface area contributed by atoms with Gasteiger partial charge in [0.15, 0.2) is 11.5 Å². The van der Waals surface area contributed by atoms with E-state index in [1.165, 1.54) is 12.0 Å². The zero-order chi connectivity index (χ0) is 23.4. The maximum Gasteiger partial charge on any atom is 0.293 e. The van der Waals surface area contributed by atoms with Gasteiger partial charge in [0.2, 0.25) is 0 Å². The Kier molecular flexibility index (Phi) is 7.11. The first kappa shape index (κ1) is 23.0. The minimum absolute atomic E-state index is 0.152. The van der Waals surface area contributed by atoms with Crippen LogP contribution in [0, 0.1) is 0 Å². The van der Waals surface area contributed by atoms with Gasteiger partial charge >= 0.3 is 0 Å². The van der Waals surface area contributed by atoms with Crippen molar-refractivity contribution in [3.63, 3.8) is 0 Å². The summed E-state index contributed by atoms with van der Waals surface area (Å²) in [5.41, 5.74) is 0.641. The molecule has 0 spiro atoms. The highest BCUT2D eigenvalue weighted by atomic mass is 35.5. The Morgan fingerprint density at radius 2 is 1.82 bits per heavy atom. The molecule has 1 saturated heterocycles. The number of amides is 2. The predicted octanol–water partition coefficient (Wildman–Crippen LogP) is 6.02. The smallest absolute Gasteiger partial charge is 0.293 e. The minimum Gasteiger partial charge on any atom is -0.491 e. The van der Waals surface area contributed by atoms with Crippen molar-refractivity contribution in [2.75, 3.05) is 26.9 Å². The van der Waals surface area contributed by atoms with E-state index < -0.39 is 0 Å². The molecule has 2 amide bonds. The van der Waals surface area contributed by atoms with E-state index in [9.17, 15) is 9.59 Å². The summed E-state index contributed by atoms with van der Waals surface area (Å²) in [5, 5.41) is 2.07. The molecule has 3 aromatic rings. The van der Waals surface area contributed by atoms with Crippen LogP contribution in [0.15, 0.2) is 59.5 Å². The number of thioether (sulfide) groups is 1. The van der Waals surface area contributed by atoms with Crippen LogP contribution in [-0.4, -0.2) is 42.9 Å². The molecule has 33 heavy (non-hydrogen) atoms. The number of imide groups is 1. The predicted molar refractivity (Wildman–Crippen MR) is 131 cm³/mol. The molecule has 4 rings (SSSR count). The highest BCUT2D eigenvalue weighted by Gasteiger charge is 2.35. The second-order valence-electron chi connectivity index (χ2n) is 7.13. The third-order valence-corrected chi connectivity index (χ3v) is 6.22. The second-order valence-corrected chi connectivity index (χ2v) is 8.53. The molecular formula is C25H22ClNO5S. The Morgan fingerprint density at radius 3 is 2.61 bits per heavy atom. The molecule has 3 aromatic carbocycles. The van der Waals surface area contributed by atoms with Gasteiger partial charge in [-0.2, -0.15) is 0 Å². The van der Waals surface area contributed by atoms with Crippen molar-refractivity contribution < 1.29 is 23.8 Å². The molecule has 8 heteroatoms. The molecule has 0 bridgehead atoms. The van der Waals surface area contributed by atoms with E-state index in [1.54, 1.807) is 18.2 Å². The lowest BCUT2D eigenvalue weighted by Gasteiger charge is -2.14. The van der Waals surface area contributed by atoms with Crippen LogP contribution in [0.5, 0.6) is 17.2 Å². The number of carbonyl (C=O) groups excluding carboxylic acids is 2. The van der Waals surface area contributed by atoms with Gasteiger partial charge in [0, 0.05) is 5.39 Å². The number of fused-ring (bicyclic) bond motifs is 1. The van der Waals surface area contributed by atoms with Crippen molar-refractivity contribution in [2.24, 2.45) is 0 Å². The van der Waals surface area contributed by atoms with E-state index in [1.807, 2.05) is 49.4 Å². The summed E-state index contributed by atoms with van der Waals surface area (Å²) in [7, 11) is 1.51. The van der Waals surface area contributed by atoms with E-state index >= 15 is 0 Å². The van der Waals surface area contributed by atoms with Gasteiger partial charge in [0.1, 0.15) is 12.4 Å². The average molecular weight is 484 g/mol. The molecule has 0 aromatic heterocycles. The average Bonchev–Trinajstić information content (AvgIpc) is 3.06. The van der Waals surface area contributed by atoms with Gasteiger partial charge in [-0.15, -0.1) is 0 Å². The number of hydrogen-bond donors (Lipinski definition) is 0. The van der Waals surface area contributed by atoms with Gasteiger partial charge in [-0.05, 0) is 53.9 Å². The van der Waals surface area contributed by atoms with Crippen molar-refractivity contribution in [2.45, 2.75) is 6.92 Å². The van der Waals surface area contributed by atoms with Gasteiger partial charge in [-0.3, -0.25) is 14.5 Å². The van der Waals surface area contributed by atoms with Gasteiger partial charge in [-0.25, -0.2) is 0 Å². The first-order valence-corrected chi connectivity index (χ1v) is 11.6. The molecule has 0 saturated carbocycles. The highest BCUT2D eigenvalue weighted by molar-refractivity contribution is 8.18. The number of benzene rings is 3. The van der Waals surface area contributed by atoms with E-state index in [0.717, 1.165) is 22.5 Å². The van der Waals surface area contributed by atoms with Crippen LogP contribution in [0.2, 0.25) is 5.02 Å². The lowest BCUT2D eigenvalue weighted by molar-refractivity contribution is -0.123. The third kappa shape index (κ3) is 4.94. The fourth-order valence-electron chi connectivity index (χ4n) is 3.54. The summed E-state index contributed by atoms with van der Waals surface area (Å²) in [6, 6.07) is 17.1. The number of carbonyl (C=O) groups is 2. The van der Waals surface area contributed by atoms with Crippen LogP contribution in [0.3, 0.4) is 0 Å². The first-order chi connectivity index (χ1) is 16.0. The zero-order valence-electron chi connectivity index (χ0n) is 18.2. The normalized spacial score (nSPS) is 14.9. The largest absolute Gasteiger partial charge is 0.491 e. The maximum atomic E-state index is 12.9. The number of ether oxygens (including phenoxy) is 3. The van der Waals surface area contributed by atoms with E-state index in [4.69, 9.17) is 25.8 Å². The minimum atomic E-state index is -0.364. The Bertz CT molecular complexity index is 1240. The number of methoxy groups -OCH3 is 1. The molecule has 6 nitrogen and oxygen atoms in total. The fraction of sp³-hybridized carbons (Fsp3) is 0.200. The lowest BCUT2D eigenvalue weighted by Crippen LogP contribution is -2.32. The zero-order valence-corrected chi connectivity index (χ0v) is 19.7. The molecule has 1 aliphatic heterocycles. The van der Waals surface area contributed by atoms with Gasteiger partial charge in [-0.1, -0.05) is 48.0 Å². The van der Waals surface area contributed by atoms with Crippen molar-refractivity contribution in [3.05, 3.63) is 70.1 Å². The molecule has 0 radical (unpaired) electrons. The maximum absolute atomic E-state index is 12.9. The first-order valence-electron chi connectivity index (χ1n) is 10.4. The van der Waals surface area contributed by atoms with Crippen molar-refractivity contribution in [1.82, 2.24) is 4.90 Å². The topological polar surface area (TPSA) is 65.1 Å². The number of halogens is 1. The molecule has 0 unspecified atom stereocenters. The SMILES string of the molecule is CCOc1cc(/C=C2\SC(=O)N(CCOc3cccc4ccccc34)C2=O)cc(Cl)c1OC. The number of hydrogen-bond acceptors (Lipinski definition) is 6. The summed E-state index contributed by atoms with van der Waals surface area (Å²) in [4.78, 5) is 26.8. The van der Waals surface area contributed by atoms with Crippen molar-refractivity contribution >= 4 is 51.4 Å². The van der Waals surface area contributed by atoms with E-state index in [0.29, 0.717) is 39.3 Å². The van der Waals surface area contributed by atoms with Gasteiger partial charge in [0.25, 0.3) is 11.1 Å². The molecule has 170 valence electrons. The summed E-state index contributed by atoms with van der Waals surface area (Å²) < 4.78 is 16.8. The van der Waals surface area contributed by atoms with E-state index in [2.05, 4.69) is 0 Å². The van der Waals surface area contributed by atoms with Crippen LogP contribution >= 0.6 is 23.4 Å². The van der Waals surface area contributed by atoms with Crippen LogP contribution in [0.4, 0.5) is 4.79 Å². The third-order valence-electron chi connectivity index (χ3n) is 5.03.